The molecule has 1 aromatic rings. The van der Waals surface area contributed by atoms with Crippen LogP contribution in [0.2, 0.25) is 0 Å². The molecule has 0 aliphatic rings. The molecule has 0 aromatic carbocycles. The van der Waals surface area contributed by atoms with E-state index in [0.29, 0.717) is 10.8 Å². The fourth-order valence-electron chi connectivity index (χ4n) is 1.32. The van der Waals surface area contributed by atoms with Crippen LogP contribution in [0.5, 0.6) is 0 Å². The van der Waals surface area contributed by atoms with Crippen molar-refractivity contribution in [2.45, 2.75) is 45.4 Å². The van der Waals surface area contributed by atoms with Crippen molar-refractivity contribution in [2.75, 3.05) is 11.1 Å². The standard InChI is InChI=1S/C13H22N2S/c1-10(9-16-13(3,4)5)15-12-7-6-8-14-11(12)2/h6-8,10,15H,9H2,1-5H3. The molecule has 1 unspecified atom stereocenters. The first-order valence-corrected chi connectivity index (χ1v) is 6.69. The van der Waals surface area contributed by atoms with Gasteiger partial charge in [0.2, 0.25) is 0 Å². The van der Waals surface area contributed by atoms with E-state index in [1.165, 1.54) is 0 Å². The zero-order valence-electron chi connectivity index (χ0n) is 10.9. The highest BCUT2D eigenvalue weighted by Gasteiger charge is 2.13. The van der Waals surface area contributed by atoms with E-state index < -0.39 is 0 Å². The zero-order chi connectivity index (χ0) is 12.2. The number of pyridine rings is 1. The number of nitrogens with zero attached hydrogens (tertiary/aromatic N) is 1. The molecule has 0 fully saturated rings. The first kappa shape index (κ1) is 13.4. The van der Waals surface area contributed by atoms with Gasteiger partial charge in [-0.2, -0.15) is 11.8 Å². The number of aromatic nitrogens is 1. The molecular formula is C13H22N2S. The lowest BCUT2D eigenvalue weighted by atomic mass is 10.2. The molecule has 0 spiro atoms. The third-order valence-corrected chi connectivity index (χ3v) is 3.71. The lowest BCUT2D eigenvalue weighted by molar-refractivity contribution is 0.793. The number of anilines is 1. The highest BCUT2D eigenvalue weighted by atomic mass is 32.2. The van der Waals surface area contributed by atoms with E-state index in [0.717, 1.165) is 17.1 Å². The molecule has 0 radical (unpaired) electrons. The molecular weight excluding hydrogens is 216 g/mol. The molecule has 1 heterocycles. The summed E-state index contributed by atoms with van der Waals surface area (Å²) in [4.78, 5) is 4.27. The van der Waals surface area contributed by atoms with E-state index in [1.807, 2.05) is 30.9 Å². The minimum atomic E-state index is 0.333. The summed E-state index contributed by atoms with van der Waals surface area (Å²) >= 11 is 1.98. The minimum Gasteiger partial charge on any atom is -0.380 e. The Balaban J connectivity index is 2.46. The van der Waals surface area contributed by atoms with Crippen molar-refractivity contribution in [2.24, 2.45) is 0 Å². The molecule has 1 rings (SSSR count). The molecule has 1 atom stereocenters. The largest absolute Gasteiger partial charge is 0.380 e. The fraction of sp³-hybridized carbons (Fsp3) is 0.615. The molecule has 0 saturated heterocycles. The van der Waals surface area contributed by atoms with E-state index in [2.05, 4.69) is 44.1 Å². The van der Waals surface area contributed by atoms with Gasteiger partial charge in [-0.1, -0.05) is 20.8 Å². The van der Waals surface area contributed by atoms with Crippen molar-refractivity contribution in [3.63, 3.8) is 0 Å². The van der Waals surface area contributed by atoms with E-state index in [9.17, 15) is 0 Å². The Kier molecular flexibility index (Phi) is 4.66. The van der Waals surface area contributed by atoms with Crippen molar-refractivity contribution in [3.05, 3.63) is 24.0 Å². The summed E-state index contributed by atoms with van der Waals surface area (Å²) in [5.41, 5.74) is 2.21. The number of aryl methyl sites for hydroxylation is 1. The number of hydrogen-bond acceptors (Lipinski definition) is 3. The summed E-state index contributed by atoms with van der Waals surface area (Å²) in [5, 5.41) is 3.50. The molecule has 2 nitrogen and oxygen atoms in total. The Hall–Kier alpha value is -0.700. The topological polar surface area (TPSA) is 24.9 Å². The Morgan fingerprint density at radius 2 is 2.12 bits per heavy atom. The van der Waals surface area contributed by atoms with E-state index >= 15 is 0 Å². The van der Waals surface area contributed by atoms with Crippen LogP contribution < -0.4 is 5.32 Å². The predicted molar refractivity (Wildman–Crippen MR) is 74.3 cm³/mol. The Bertz CT molecular complexity index is 331. The van der Waals surface area contributed by atoms with E-state index in [-0.39, 0.29) is 0 Å². The number of hydrogen-bond donors (Lipinski definition) is 1. The summed E-state index contributed by atoms with van der Waals surface area (Å²) in [7, 11) is 0. The van der Waals surface area contributed by atoms with Gasteiger partial charge in [0.25, 0.3) is 0 Å². The summed E-state index contributed by atoms with van der Waals surface area (Å²) in [6.07, 6.45) is 1.83. The molecule has 3 heteroatoms. The number of nitrogens with one attached hydrogen (secondary N) is 1. The van der Waals surface area contributed by atoms with Gasteiger partial charge in [0.1, 0.15) is 0 Å². The van der Waals surface area contributed by atoms with Gasteiger partial charge in [0.15, 0.2) is 0 Å². The second-order valence-electron chi connectivity index (χ2n) is 5.11. The summed E-state index contributed by atoms with van der Waals surface area (Å²) in [6.45, 7) is 11.0. The Morgan fingerprint density at radius 3 is 2.69 bits per heavy atom. The van der Waals surface area contributed by atoms with E-state index in [4.69, 9.17) is 0 Å². The van der Waals surface area contributed by atoms with Crippen molar-refractivity contribution in [1.29, 1.82) is 0 Å². The first-order valence-electron chi connectivity index (χ1n) is 5.70. The second kappa shape index (κ2) is 5.58. The summed E-state index contributed by atoms with van der Waals surface area (Å²) in [5.74, 6) is 1.11. The third-order valence-electron chi connectivity index (χ3n) is 2.18. The normalized spacial score (nSPS) is 13.6. The molecule has 0 aliphatic heterocycles. The smallest absolute Gasteiger partial charge is 0.0603 e. The first-order chi connectivity index (χ1) is 7.38. The maximum absolute atomic E-state index is 4.27. The van der Waals surface area contributed by atoms with Crippen molar-refractivity contribution in [3.8, 4) is 0 Å². The maximum atomic E-state index is 4.27. The van der Waals surface area contributed by atoms with Crippen LogP contribution in [-0.4, -0.2) is 21.5 Å². The van der Waals surface area contributed by atoms with Gasteiger partial charge in [-0.05, 0) is 26.0 Å². The molecule has 0 bridgehead atoms. The Morgan fingerprint density at radius 1 is 1.44 bits per heavy atom. The van der Waals surface area contributed by atoms with Crippen LogP contribution in [0.1, 0.15) is 33.4 Å². The van der Waals surface area contributed by atoms with Gasteiger partial charge in [0.05, 0.1) is 11.4 Å². The zero-order valence-corrected chi connectivity index (χ0v) is 11.7. The Labute approximate surface area is 103 Å². The lowest BCUT2D eigenvalue weighted by Crippen LogP contribution is -2.22. The highest BCUT2D eigenvalue weighted by Crippen LogP contribution is 2.24. The van der Waals surface area contributed by atoms with Gasteiger partial charge < -0.3 is 5.32 Å². The number of rotatable bonds is 4. The van der Waals surface area contributed by atoms with Gasteiger partial charge in [-0.3, -0.25) is 4.98 Å². The molecule has 1 N–H and O–H groups in total. The fourth-order valence-corrected chi connectivity index (χ4v) is 2.15. The van der Waals surface area contributed by atoms with Gasteiger partial charge in [-0.25, -0.2) is 0 Å². The predicted octanol–water partition coefficient (Wildman–Crippen LogP) is 3.72. The van der Waals surface area contributed by atoms with Crippen LogP contribution in [0, 0.1) is 6.92 Å². The molecule has 0 saturated carbocycles. The van der Waals surface area contributed by atoms with Crippen molar-refractivity contribution in [1.82, 2.24) is 4.98 Å². The molecule has 1 aromatic heterocycles. The highest BCUT2D eigenvalue weighted by molar-refractivity contribution is 8.00. The van der Waals surface area contributed by atoms with Crippen LogP contribution in [0.4, 0.5) is 5.69 Å². The van der Waals surface area contributed by atoms with Crippen LogP contribution in [0.3, 0.4) is 0 Å². The average Bonchev–Trinajstić information content (AvgIpc) is 2.18. The van der Waals surface area contributed by atoms with Crippen LogP contribution in [0.25, 0.3) is 0 Å². The molecule has 0 aliphatic carbocycles. The number of thioether (sulfide) groups is 1. The monoisotopic (exact) mass is 238 g/mol. The quantitative estimate of drug-likeness (QED) is 0.865. The van der Waals surface area contributed by atoms with Gasteiger partial charge in [-0.15, -0.1) is 0 Å². The van der Waals surface area contributed by atoms with Crippen LogP contribution in [-0.2, 0) is 0 Å². The maximum Gasteiger partial charge on any atom is 0.0603 e. The average molecular weight is 238 g/mol. The van der Waals surface area contributed by atoms with Crippen molar-refractivity contribution >= 4 is 17.4 Å². The summed E-state index contributed by atoms with van der Waals surface area (Å²) < 4.78 is 0.333. The van der Waals surface area contributed by atoms with E-state index in [1.54, 1.807) is 0 Å². The van der Waals surface area contributed by atoms with Gasteiger partial charge in [0, 0.05) is 22.7 Å². The molecule has 90 valence electrons. The summed E-state index contributed by atoms with van der Waals surface area (Å²) in [6, 6.07) is 4.52. The SMILES string of the molecule is Cc1ncccc1NC(C)CSC(C)(C)C. The lowest BCUT2D eigenvalue weighted by Gasteiger charge is -2.22. The molecule has 16 heavy (non-hydrogen) atoms. The second-order valence-corrected chi connectivity index (χ2v) is 6.95. The minimum absolute atomic E-state index is 0.333. The molecule has 0 amide bonds. The van der Waals surface area contributed by atoms with Crippen LogP contribution >= 0.6 is 11.8 Å². The van der Waals surface area contributed by atoms with Crippen molar-refractivity contribution < 1.29 is 0 Å². The third kappa shape index (κ3) is 4.88. The van der Waals surface area contributed by atoms with Gasteiger partial charge >= 0.3 is 0 Å². The van der Waals surface area contributed by atoms with Crippen LogP contribution in [0.15, 0.2) is 18.3 Å².